The molecule has 0 bridgehead atoms. The number of aromatic amines is 1. The highest BCUT2D eigenvalue weighted by molar-refractivity contribution is 7.89. The summed E-state index contributed by atoms with van der Waals surface area (Å²) in [5.41, 5.74) is 1.96. The van der Waals surface area contributed by atoms with Crippen molar-refractivity contribution in [3.63, 3.8) is 0 Å². The van der Waals surface area contributed by atoms with Gasteiger partial charge in [0.2, 0.25) is 5.91 Å². The average molecular weight is 591 g/mol. The van der Waals surface area contributed by atoms with E-state index in [0.29, 0.717) is 21.4 Å². The SMILES string of the molecule is Cc1cc2nc(C(=O)N3CCN(S(=O)(=O)c4cc5cc(Cl)ccc5[nH]4)CC3CC(=O)NCC(=O)O)sc2cn1. The number of amides is 2. The van der Waals surface area contributed by atoms with E-state index in [1.807, 2.05) is 6.92 Å². The van der Waals surface area contributed by atoms with Crippen molar-refractivity contribution in [2.24, 2.45) is 0 Å². The van der Waals surface area contributed by atoms with Crippen LogP contribution in [0.5, 0.6) is 0 Å². The lowest BCUT2D eigenvalue weighted by atomic mass is 10.1. The highest BCUT2D eigenvalue weighted by Gasteiger charge is 2.39. The number of rotatable bonds is 7. The molecular weight excluding hydrogens is 568 g/mol. The molecule has 3 N–H and O–H groups in total. The Hall–Kier alpha value is -3.59. The number of benzene rings is 1. The Morgan fingerprint density at radius 2 is 2.03 bits per heavy atom. The number of fused-ring (bicyclic) bond motifs is 2. The van der Waals surface area contributed by atoms with E-state index in [4.69, 9.17) is 16.7 Å². The van der Waals surface area contributed by atoms with Crippen LogP contribution >= 0.6 is 22.9 Å². The zero-order valence-corrected chi connectivity index (χ0v) is 22.9. The number of hydrogen-bond acceptors (Lipinski definition) is 8. The highest BCUT2D eigenvalue weighted by atomic mass is 35.5. The van der Waals surface area contributed by atoms with Crippen LogP contribution in [0, 0.1) is 6.92 Å². The van der Waals surface area contributed by atoms with Crippen molar-refractivity contribution in [3.8, 4) is 0 Å². The number of aromatic nitrogens is 3. The van der Waals surface area contributed by atoms with Gasteiger partial charge in [-0.05, 0) is 37.3 Å². The van der Waals surface area contributed by atoms with Crippen LogP contribution in [0.15, 0.2) is 41.6 Å². The summed E-state index contributed by atoms with van der Waals surface area (Å²) in [4.78, 5) is 50.0. The molecule has 1 saturated heterocycles. The average Bonchev–Trinajstić information content (AvgIpc) is 3.51. The maximum atomic E-state index is 13.5. The quantitative estimate of drug-likeness (QED) is 0.295. The number of aliphatic carboxylic acids is 1. The Bertz CT molecular complexity index is 1720. The Morgan fingerprint density at radius 1 is 1.23 bits per heavy atom. The third-order valence-electron chi connectivity index (χ3n) is 6.34. The number of thiazole rings is 1. The van der Waals surface area contributed by atoms with Crippen LogP contribution in [-0.2, 0) is 19.6 Å². The van der Waals surface area contributed by atoms with Crippen molar-refractivity contribution in [2.45, 2.75) is 24.4 Å². The topological polar surface area (TPSA) is 166 Å². The molecule has 5 rings (SSSR count). The first kappa shape index (κ1) is 27.0. The van der Waals surface area contributed by atoms with E-state index in [9.17, 15) is 22.8 Å². The molecular formula is C24H23ClN6O6S2. The zero-order chi connectivity index (χ0) is 27.9. The number of sulfonamides is 1. The molecule has 2 amide bonds. The minimum Gasteiger partial charge on any atom is -0.480 e. The monoisotopic (exact) mass is 590 g/mol. The minimum atomic E-state index is -4.02. The van der Waals surface area contributed by atoms with E-state index >= 15 is 0 Å². The number of nitrogens with one attached hydrogen (secondary N) is 2. The first-order valence-corrected chi connectivity index (χ1v) is 14.5. The second-order valence-corrected chi connectivity index (χ2v) is 12.4. The summed E-state index contributed by atoms with van der Waals surface area (Å²) in [5.74, 6) is -2.28. The van der Waals surface area contributed by atoms with Gasteiger partial charge in [-0.1, -0.05) is 11.6 Å². The molecule has 4 heterocycles. The number of carbonyl (C=O) groups excluding carboxylic acids is 2. The number of hydrogen-bond donors (Lipinski definition) is 3. The van der Waals surface area contributed by atoms with E-state index in [0.717, 1.165) is 21.7 Å². The summed E-state index contributed by atoms with van der Waals surface area (Å²) in [6, 6.07) is 7.36. The third-order valence-corrected chi connectivity index (χ3v) is 9.35. The largest absolute Gasteiger partial charge is 0.480 e. The number of aryl methyl sites for hydroxylation is 1. The summed E-state index contributed by atoms with van der Waals surface area (Å²) in [6.45, 7) is 1.05. The molecule has 1 aromatic carbocycles. The van der Waals surface area contributed by atoms with Gasteiger partial charge in [-0.25, -0.2) is 13.4 Å². The maximum absolute atomic E-state index is 13.5. The fourth-order valence-electron chi connectivity index (χ4n) is 4.45. The van der Waals surface area contributed by atoms with Crippen molar-refractivity contribution in [1.29, 1.82) is 0 Å². The molecule has 1 aliphatic heterocycles. The Morgan fingerprint density at radius 3 is 2.79 bits per heavy atom. The number of H-pyrrole nitrogens is 1. The molecule has 0 aliphatic carbocycles. The number of pyridine rings is 1. The van der Waals surface area contributed by atoms with Gasteiger partial charge in [0, 0.05) is 53.9 Å². The minimum absolute atomic E-state index is 0.00814. The van der Waals surface area contributed by atoms with E-state index < -0.39 is 40.4 Å². The Kier molecular flexibility index (Phi) is 7.29. The predicted octanol–water partition coefficient (Wildman–Crippen LogP) is 2.24. The fraction of sp³-hybridized carbons (Fsp3) is 0.292. The molecule has 4 aromatic rings. The van der Waals surface area contributed by atoms with Crippen molar-refractivity contribution >= 4 is 71.9 Å². The number of halogens is 1. The van der Waals surface area contributed by atoms with Gasteiger partial charge in [0.1, 0.15) is 11.6 Å². The van der Waals surface area contributed by atoms with E-state index in [2.05, 4.69) is 20.3 Å². The Balaban J connectivity index is 1.42. The summed E-state index contributed by atoms with van der Waals surface area (Å²) in [7, 11) is -4.02. The molecule has 39 heavy (non-hydrogen) atoms. The van der Waals surface area contributed by atoms with Crippen LogP contribution in [0.25, 0.3) is 21.1 Å². The normalized spacial score (nSPS) is 16.6. The van der Waals surface area contributed by atoms with Gasteiger partial charge in [0.25, 0.3) is 15.9 Å². The maximum Gasteiger partial charge on any atom is 0.322 e. The number of carboxylic acids is 1. The molecule has 0 radical (unpaired) electrons. The van der Waals surface area contributed by atoms with E-state index in [1.54, 1.807) is 30.5 Å². The first-order valence-electron chi connectivity index (χ1n) is 11.8. The number of piperazine rings is 1. The van der Waals surface area contributed by atoms with Crippen molar-refractivity contribution in [2.75, 3.05) is 26.2 Å². The Labute approximate surface area is 231 Å². The third kappa shape index (κ3) is 5.59. The second-order valence-electron chi connectivity index (χ2n) is 9.07. The highest BCUT2D eigenvalue weighted by Crippen LogP contribution is 2.28. The van der Waals surface area contributed by atoms with Crippen LogP contribution in [0.3, 0.4) is 0 Å². The summed E-state index contributed by atoms with van der Waals surface area (Å²) < 4.78 is 29.0. The van der Waals surface area contributed by atoms with Crippen LogP contribution in [0.1, 0.15) is 21.9 Å². The smallest absolute Gasteiger partial charge is 0.322 e. The van der Waals surface area contributed by atoms with Gasteiger partial charge in [0.05, 0.1) is 16.3 Å². The predicted molar refractivity (Wildman–Crippen MR) is 144 cm³/mol. The van der Waals surface area contributed by atoms with Gasteiger partial charge in [-0.2, -0.15) is 4.31 Å². The number of carbonyl (C=O) groups is 3. The van der Waals surface area contributed by atoms with Crippen molar-refractivity contribution in [1.82, 2.24) is 29.5 Å². The van der Waals surface area contributed by atoms with Gasteiger partial charge in [-0.15, -0.1) is 11.3 Å². The zero-order valence-electron chi connectivity index (χ0n) is 20.5. The molecule has 0 spiro atoms. The summed E-state index contributed by atoms with van der Waals surface area (Å²) >= 11 is 7.20. The standard InChI is InChI=1S/C24H23ClN6O6S2/c1-13-6-18-19(10-26-13)38-23(29-18)24(35)31-5-4-30(12-16(31)9-20(32)27-11-22(33)34)39(36,37)21-8-14-7-15(25)2-3-17(14)28-21/h2-3,6-8,10,16,28H,4-5,9,11-12H2,1H3,(H,27,32)(H,33,34). The molecule has 204 valence electrons. The van der Waals surface area contributed by atoms with Crippen molar-refractivity contribution in [3.05, 3.63) is 52.3 Å². The van der Waals surface area contributed by atoms with Crippen LogP contribution < -0.4 is 5.32 Å². The molecule has 3 aromatic heterocycles. The molecule has 1 atom stereocenters. The van der Waals surface area contributed by atoms with Crippen molar-refractivity contribution < 1.29 is 27.9 Å². The molecule has 15 heteroatoms. The van der Waals surface area contributed by atoms with Crippen LogP contribution in [0.2, 0.25) is 5.02 Å². The molecule has 1 aliphatic rings. The van der Waals surface area contributed by atoms with E-state index in [-0.39, 0.29) is 36.1 Å². The number of carboxylic acid groups (broad SMARTS) is 1. The van der Waals surface area contributed by atoms with Gasteiger partial charge < -0.3 is 20.3 Å². The molecule has 0 saturated carbocycles. The second kappa shape index (κ2) is 10.5. The summed E-state index contributed by atoms with van der Waals surface area (Å²) in [6.07, 6.45) is 1.34. The van der Waals surface area contributed by atoms with Gasteiger partial charge in [0.15, 0.2) is 5.01 Å². The lowest BCUT2D eigenvalue weighted by molar-refractivity contribution is -0.138. The molecule has 1 unspecified atom stereocenters. The van der Waals surface area contributed by atoms with E-state index in [1.165, 1.54) is 15.3 Å². The number of nitrogens with zero attached hydrogens (tertiary/aromatic N) is 4. The van der Waals surface area contributed by atoms with Gasteiger partial charge >= 0.3 is 5.97 Å². The first-order chi connectivity index (χ1) is 18.5. The van der Waals surface area contributed by atoms with Crippen LogP contribution in [0.4, 0.5) is 0 Å². The van der Waals surface area contributed by atoms with Crippen LogP contribution in [-0.4, -0.2) is 87.7 Å². The molecule has 12 nitrogen and oxygen atoms in total. The lowest BCUT2D eigenvalue weighted by Crippen LogP contribution is -2.57. The van der Waals surface area contributed by atoms with Gasteiger partial charge in [-0.3, -0.25) is 19.4 Å². The fourth-order valence-corrected chi connectivity index (χ4v) is 6.99. The summed E-state index contributed by atoms with van der Waals surface area (Å²) in [5, 5.41) is 12.4. The lowest BCUT2D eigenvalue weighted by Gasteiger charge is -2.40. The molecule has 1 fully saturated rings.